The molecule has 1 atom stereocenters. The fraction of sp³-hybridized carbons (Fsp3) is 0.600. The molecule has 2 nitrogen and oxygen atoms in total. The summed E-state index contributed by atoms with van der Waals surface area (Å²) in [5, 5.41) is 10.2. The van der Waals surface area contributed by atoms with E-state index >= 15 is 0 Å². The quantitative estimate of drug-likeness (QED) is 0.860. The highest BCUT2D eigenvalue weighted by Crippen LogP contribution is 2.38. The number of likely N-dealkylation sites (tertiary alicyclic amines) is 1. The van der Waals surface area contributed by atoms with Crippen molar-refractivity contribution in [2.75, 3.05) is 19.6 Å². The van der Waals surface area contributed by atoms with E-state index in [0.29, 0.717) is 11.8 Å². The van der Waals surface area contributed by atoms with E-state index in [4.69, 9.17) is 0 Å². The summed E-state index contributed by atoms with van der Waals surface area (Å²) >= 11 is 0. The predicted molar refractivity (Wildman–Crippen MR) is 69.1 cm³/mol. The van der Waals surface area contributed by atoms with Gasteiger partial charge in [0.2, 0.25) is 0 Å². The van der Waals surface area contributed by atoms with E-state index < -0.39 is 5.60 Å². The lowest BCUT2D eigenvalue weighted by atomic mass is 9.75. The van der Waals surface area contributed by atoms with Crippen LogP contribution in [0.15, 0.2) is 24.3 Å². The standard InChI is InChI=1S/C15H21NO/c1-11(2)15(17)9-16(10-15)8-13-7-12-5-3-4-6-14(12)13/h3-6,11,13,17H,7-10H2,1-2H3. The molecule has 17 heavy (non-hydrogen) atoms. The molecule has 2 heteroatoms. The molecular formula is C15H21NO. The van der Waals surface area contributed by atoms with E-state index in [1.54, 1.807) is 0 Å². The maximum absolute atomic E-state index is 10.2. The van der Waals surface area contributed by atoms with Crippen LogP contribution in [0, 0.1) is 5.92 Å². The van der Waals surface area contributed by atoms with Crippen molar-refractivity contribution in [1.29, 1.82) is 0 Å². The van der Waals surface area contributed by atoms with Gasteiger partial charge in [0.25, 0.3) is 0 Å². The van der Waals surface area contributed by atoms with Gasteiger partial charge in [-0.15, -0.1) is 0 Å². The first kappa shape index (κ1) is 11.2. The molecule has 1 saturated heterocycles. The number of hydrogen-bond acceptors (Lipinski definition) is 2. The summed E-state index contributed by atoms with van der Waals surface area (Å²) < 4.78 is 0. The molecule has 1 aliphatic carbocycles. The average molecular weight is 231 g/mol. The zero-order valence-electron chi connectivity index (χ0n) is 10.7. The Hall–Kier alpha value is -0.860. The van der Waals surface area contributed by atoms with Crippen LogP contribution in [0.25, 0.3) is 0 Å². The Labute approximate surface area is 103 Å². The van der Waals surface area contributed by atoms with Crippen LogP contribution in [0.4, 0.5) is 0 Å². The second-order valence-corrected chi connectivity index (χ2v) is 6.03. The lowest BCUT2D eigenvalue weighted by Gasteiger charge is -2.51. The van der Waals surface area contributed by atoms with Crippen molar-refractivity contribution >= 4 is 0 Å². The van der Waals surface area contributed by atoms with E-state index in [9.17, 15) is 5.11 Å². The third-order valence-corrected chi connectivity index (χ3v) is 4.51. The van der Waals surface area contributed by atoms with Crippen LogP contribution in [0.1, 0.15) is 30.9 Å². The van der Waals surface area contributed by atoms with Gasteiger partial charge in [-0.05, 0) is 23.5 Å². The van der Waals surface area contributed by atoms with Crippen LogP contribution in [0.5, 0.6) is 0 Å². The maximum atomic E-state index is 10.2. The number of hydrogen-bond donors (Lipinski definition) is 1. The molecule has 1 fully saturated rings. The Kier molecular flexibility index (Phi) is 2.53. The second-order valence-electron chi connectivity index (χ2n) is 6.03. The number of fused-ring (bicyclic) bond motifs is 1. The number of β-amino-alcohol motifs (C(OH)–C–C–N with tert-alkyl or cyclic N) is 1. The molecule has 92 valence electrons. The zero-order valence-corrected chi connectivity index (χ0v) is 10.7. The van der Waals surface area contributed by atoms with Crippen LogP contribution >= 0.6 is 0 Å². The molecule has 0 spiro atoms. The average Bonchev–Trinajstić information content (AvgIpc) is 2.22. The Bertz CT molecular complexity index is 421. The van der Waals surface area contributed by atoms with E-state index in [-0.39, 0.29) is 0 Å². The molecule has 1 aliphatic heterocycles. The monoisotopic (exact) mass is 231 g/mol. The highest BCUT2D eigenvalue weighted by molar-refractivity contribution is 5.40. The summed E-state index contributed by atoms with van der Waals surface area (Å²) in [5.41, 5.74) is 2.60. The Morgan fingerprint density at radius 3 is 2.71 bits per heavy atom. The first-order valence-corrected chi connectivity index (χ1v) is 6.61. The summed E-state index contributed by atoms with van der Waals surface area (Å²) in [6.45, 7) is 7.03. The first-order chi connectivity index (χ1) is 8.08. The van der Waals surface area contributed by atoms with E-state index in [2.05, 4.69) is 43.0 Å². The van der Waals surface area contributed by atoms with Gasteiger partial charge in [0.1, 0.15) is 0 Å². The number of rotatable bonds is 3. The summed E-state index contributed by atoms with van der Waals surface area (Å²) in [6.07, 6.45) is 1.22. The molecule has 1 heterocycles. The van der Waals surface area contributed by atoms with Crippen molar-refractivity contribution in [3.63, 3.8) is 0 Å². The van der Waals surface area contributed by atoms with Gasteiger partial charge in [-0.25, -0.2) is 0 Å². The Morgan fingerprint density at radius 1 is 1.35 bits per heavy atom. The van der Waals surface area contributed by atoms with Crippen molar-refractivity contribution in [3.8, 4) is 0 Å². The van der Waals surface area contributed by atoms with E-state index in [1.165, 1.54) is 17.5 Å². The van der Waals surface area contributed by atoms with Crippen LogP contribution in [-0.4, -0.2) is 35.2 Å². The minimum Gasteiger partial charge on any atom is -0.387 e. The summed E-state index contributed by atoms with van der Waals surface area (Å²) in [7, 11) is 0. The van der Waals surface area contributed by atoms with Crippen molar-refractivity contribution in [3.05, 3.63) is 35.4 Å². The number of nitrogens with zero attached hydrogens (tertiary/aromatic N) is 1. The molecule has 1 N–H and O–H groups in total. The third-order valence-electron chi connectivity index (χ3n) is 4.51. The van der Waals surface area contributed by atoms with Crippen molar-refractivity contribution < 1.29 is 5.11 Å². The van der Waals surface area contributed by atoms with Gasteiger partial charge in [0.15, 0.2) is 0 Å². The largest absolute Gasteiger partial charge is 0.387 e. The van der Waals surface area contributed by atoms with Gasteiger partial charge >= 0.3 is 0 Å². The highest BCUT2D eigenvalue weighted by Gasteiger charge is 2.44. The normalized spacial score (nSPS) is 26.2. The van der Waals surface area contributed by atoms with Crippen LogP contribution in [0.2, 0.25) is 0 Å². The highest BCUT2D eigenvalue weighted by atomic mass is 16.3. The molecule has 1 aromatic carbocycles. The summed E-state index contributed by atoms with van der Waals surface area (Å²) in [6, 6.07) is 8.73. The Balaban J connectivity index is 1.56. The first-order valence-electron chi connectivity index (χ1n) is 6.61. The molecule has 2 aliphatic rings. The third kappa shape index (κ3) is 1.80. The second kappa shape index (κ2) is 3.82. The smallest absolute Gasteiger partial charge is 0.0922 e. The molecule has 1 aromatic rings. The molecule has 1 unspecified atom stereocenters. The zero-order chi connectivity index (χ0) is 12.0. The van der Waals surface area contributed by atoms with Crippen LogP contribution in [0.3, 0.4) is 0 Å². The van der Waals surface area contributed by atoms with Gasteiger partial charge in [-0.2, -0.15) is 0 Å². The molecule has 0 radical (unpaired) electrons. The Morgan fingerprint density at radius 2 is 2.06 bits per heavy atom. The van der Waals surface area contributed by atoms with Gasteiger partial charge in [-0.3, -0.25) is 4.90 Å². The van der Waals surface area contributed by atoms with Gasteiger partial charge < -0.3 is 5.11 Å². The summed E-state index contributed by atoms with van der Waals surface area (Å²) in [4.78, 5) is 2.39. The SMILES string of the molecule is CC(C)C1(O)CN(CC2Cc3ccccc32)C1. The molecule has 0 amide bonds. The fourth-order valence-electron chi connectivity index (χ4n) is 3.06. The molecular weight excluding hydrogens is 210 g/mol. The van der Waals surface area contributed by atoms with E-state index in [0.717, 1.165) is 19.6 Å². The van der Waals surface area contributed by atoms with Crippen molar-refractivity contribution in [2.45, 2.75) is 31.8 Å². The predicted octanol–water partition coefficient (Wildman–Crippen LogP) is 2.03. The molecule has 3 rings (SSSR count). The topological polar surface area (TPSA) is 23.5 Å². The van der Waals surface area contributed by atoms with Gasteiger partial charge in [-0.1, -0.05) is 38.1 Å². The minimum atomic E-state index is -0.427. The van der Waals surface area contributed by atoms with Crippen LogP contribution < -0.4 is 0 Å². The number of aliphatic hydroxyl groups is 1. The lowest BCUT2D eigenvalue weighted by molar-refractivity contribution is -0.129. The van der Waals surface area contributed by atoms with Crippen molar-refractivity contribution in [2.24, 2.45) is 5.92 Å². The number of benzene rings is 1. The molecule has 0 bridgehead atoms. The molecule has 0 aromatic heterocycles. The van der Waals surface area contributed by atoms with E-state index in [1.807, 2.05) is 0 Å². The minimum absolute atomic E-state index is 0.368. The van der Waals surface area contributed by atoms with Crippen LogP contribution in [-0.2, 0) is 6.42 Å². The summed E-state index contributed by atoms with van der Waals surface area (Å²) in [5.74, 6) is 1.07. The van der Waals surface area contributed by atoms with Crippen molar-refractivity contribution in [1.82, 2.24) is 4.90 Å². The fourth-order valence-corrected chi connectivity index (χ4v) is 3.06. The van der Waals surface area contributed by atoms with Gasteiger partial charge in [0.05, 0.1) is 5.60 Å². The van der Waals surface area contributed by atoms with Gasteiger partial charge in [0, 0.05) is 25.6 Å². The molecule has 0 saturated carbocycles. The maximum Gasteiger partial charge on any atom is 0.0922 e. The lowest BCUT2D eigenvalue weighted by Crippen LogP contribution is -2.65.